The van der Waals surface area contributed by atoms with E-state index in [1.54, 1.807) is 18.7 Å². The van der Waals surface area contributed by atoms with Gasteiger partial charge in [0.2, 0.25) is 5.91 Å². The summed E-state index contributed by atoms with van der Waals surface area (Å²) in [5, 5.41) is 8.85. The minimum absolute atomic E-state index is 0.0595. The standard InChI is InChI=1S/C10H19NO3/c1-5-11(6-2)8(12)7-10(3,4)9(13)14/h5-7H2,1-4H3,(H,13,14). The van der Waals surface area contributed by atoms with Crippen molar-refractivity contribution in [2.75, 3.05) is 13.1 Å². The Balaban J connectivity index is 4.38. The normalized spacial score (nSPS) is 11.1. The van der Waals surface area contributed by atoms with Gasteiger partial charge in [-0.1, -0.05) is 0 Å². The fourth-order valence-electron chi connectivity index (χ4n) is 1.14. The van der Waals surface area contributed by atoms with Gasteiger partial charge in [-0.25, -0.2) is 0 Å². The van der Waals surface area contributed by atoms with Crippen LogP contribution in [0.5, 0.6) is 0 Å². The van der Waals surface area contributed by atoms with Crippen molar-refractivity contribution >= 4 is 11.9 Å². The molecule has 0 unspecified atom stereocenters. The number of carbonyl (C=O) groups excluding carboxylic acids is 1. The summed E-state index contributed by atoms with van der Waals surface area (Å²) in [7, 11) is 0. The van der Waals surface area contributed by atoms with Crippen LogP contribution in [-0.2, 0) is 9.59 Å². The fourth-order valence-corrected chi connectivity index (χ4v) is 1.14. The molecule has 0 atom stereocenters. The zero-order chi connectivity index (χ0) is 11.4. The summed E-state index contributed by atoms with van der Waals surface area (Å²) in [5.41, 5.74) is -0.973. The molecule has 1 N–H and O–H groups in total. The van der Waals surface area contributed by atoms with Crippen LogP contribution in [0.1, 0.15) is 34.1 Å². The molecule has 0 rings (SSSR count). The van der Waals surface area contributed by atoms with Gasteiger partial charge in [0.15, 0.2) is 0 Å². The average molecular weight is 201 g/mol. The van der Waals surface area contributed by atoms with Crippen LogP contribution in [0.4, 0.5) is 0 Å². The average Bonchev–Trinajstić information content (AvgIpc) is 2.05. The monoisotopic (exact) mass is 201 g/mol. The van der Waals surface area contributed by atoms with E-state index in [1.165, 1.54) is 0 Å². The lowest BCUT2D eigenvalue weighted by molar-refractivity contribution is -0.151. The van der Waals surface area contributed by atoms with Gasteiger partial charge in [-0.3, -0.25) is 9.59 Å². The molecule has 0 aliphatic carbocycles. The number of amides is 1. The van der Waals surface area contributed by atoms with Crippen LogP contribution in [0.15, 0.2) is 0 Å². The molecule has 0 aromatic heterocycles. The second kappa shape index (κ2) is 4.98. The summed E-state index contributed by atoms with van der Waals surface area (Å²) < 4.78 is 0. The van der Waals surface area contributed by atoms with Gasteiger partial charge in [0.05, 0.1) is 5.41 Å². The zero-order valence-electron chi connectivity index (χ0n) is 9.33. The number of carboxylic acids is 1. The lowest BCUT2D eigenvalue weighted by atomic mass is 9.89. The predicted octanol–water partition coefficient (Wildman–Crippen LogP) is 1.36. The first-order valence-electron chi connectivity index (χ1n) is 4.86. The Morgan fingerprint density at radius 3 is 1.93 bits per heavy atom. The Kier molecular flexibility index (Phi) is 4.60. The van der Waals surface area contributed by atoms with Gasteiger partial charge in [0.1, 0.15) is 0 Å². The van der Waals surface area contributed by atoms with Crippen LogP contribution in [0.25, 0.3) is 0 Å². The van der Waals surface area contributed by atoms with Gasteiger partial charge in [-0.2, -0.15) is 0 Å². The van der Waals surface area contributed by atoms with Crippen molar-refractivity contribution in [1.29, 1.82) is 0 Å². The molecule has 0 saturated carbocycles. The molecule has 0 fully saturated rings. The first-order valence-corrected chi connectivity index (χ1v) is 4.86. The van der Waals surface area contributed by atoms with Crippen molar-refractivity contribution in [3.63, 3.8) is 0 Å². The Hall–Kier alpha value is -1.06. The fraction of sp³-hybridized carbons (Fsp3) is 0.800. The lowest BCUT2D eigenvalue weighted by Crippen LogP contribution is -2.36. The molecular formula is C10H19NO3. The van der Waals surface area contributed by atoms with Crippen LogP contribution in [-0.4, -0.2) is 35.0 Å². The maximum atomic E-state index is 11.6. The minimum Gasteiger partial charge on any atom is -0.481 e. The zero-order valence-corrected chi connectivity index (χ0v) is 9.33. The van der Waals surface area contributed by atoms with E-state index in [0.29, 0.717) is 13.1 Å². The van der Waals surface area contributed by atoms with Gasteiger partial charge in [-0.15, -0.1) is 0 Å². The van der Waals surface area contributed by atoms with Gasteiger partial charge >= 0.3 is 5.97 Å². The molecule has 0 aliphatic heterocycles. The molecule has 0 aromatic carbocycles. The number of rotatable bonds is 5. The molecule has 4 heteroatoms. The molecule has 4 nitrogen and oxygen atoms in total. The largest absolute Gasteiger partial charge is 0.481 e. The van der Waals surface area contributed by atoms with E-state index < -0.39 is 11.4 Å². The molecule has 0 spiro atoms. The van der Waals surface area contributed by atoms with Gasteiger partial charge < -0.3 is 10.0 Å². The van der Waals surface area contributed by atoms with Crippen LogP contribution < -0.4 is 0 Å². The maximum absolute atomic E-state index is 11.6. The number of hydrogen-bond donors (Lipinski definition) is 1. The first-order chi connectivity index (χ1) is 6.35. The van der Waals surface area contributed by atoms with Crippen LogP contribution >= 0.6 is 0 Å². The molecule has 0 heterocycles. The molecule has 0 bridgehead atoms. The third-order valence-corrected chi connectivity index (χ3v) is 2.29. The van der Waals surface area contributed by atoms with Gasteiger partial charge in [-0.05, 0) is 27.7 Å². The van der Waals surface area contributed by atoms with Gasteiger partial charge in [0, 0.05) is 19.5 Å². The molecular weight excluding hydrogens is 182 g/mol. The highest BCUT2D eigenvalue weighted by molar-refractivity contribution is 5.84. The second-order valence-electron chi connectivity index (χ2n) is 3.93. The summed E-state index contributed by atoms with van der Waals surface area (Å²) in [6, 6.07) is 0. The van der Waals surface area contributed by atoms with E-state index >= 15 is 0 Å². The van der Waals surface area contributed by atoms with Crippen LogP contribution in [0.2, 0.25) is 0 Å². The Morgan fingerprint density at radius 1 is 1.21 bits per heavy atom. The topological polar surface area (TPSA) is 57.6 Å². The number of aliphatic carboxylic acids is 1. The third-order valence-electron chi connectivity index (χ3n) is 2.29. The highest BCUT2D eigenvalue weighted by atomic mass is 16.4. The van der Waals surface area contributed by atoms with Crippen LogP contribution in [0.3, 0.4) is 0 Å². The lowest BCUT2D eigenvalue weighted by Gasteiger charge is -2.24. The molecule has 14 heavy (non-hydrogen) atoms. The minimum atomic E-state index is -0.973. The van der Waals surface area contributed by atoms with E-state index in [-0.39, 0.29) is 12.3 Å². The Morgan fingerprint density at radius 2 is 1.64 bits per heavy atom. The van der Waals surface area contributed by atoms with Crippen molar-refractivity contribution < 1.29 is 14.7 Å². The Labute approximate surface area is 84.9 Å². The van der Waals surface area contributed by atoms with Crippen molar-refractivity contribution in [2.45, 2.75) is 34.1 Å². The molecule has 1 amide bonds. The molecule has 0 aromatic rings. The summed E-state index contributed by atoms with van der Waals surface area (Å²) in [6.07, 6.45) is 0.0595. The highest BCUT2D eigenvalue weighted by Crippen LogP contribution is 2.21. The first kappa shape index (κ1) is 12.9. The van der Waals surface area contributed by atoms with Crippen molar-refractivity contribution in [1.82, 2.24) is 4.90 Å². The number of carboxylic acid groups (broad SMARTS) is 1. The SMILES string of the molecule is CCN(CC)C(=O)CC(C)(C)C(=O)O. The number of hydrogen-bond acceptors (Lipinski definition) is 2. The van der Waals surface area contributed by atoms with Gasteiger partial charge in [0.25, 0.3) is 0 Å². The third kappa shape index (κ3) is 3.36. The molecule has 0 aliphatic rings. The van der Waals surface area contributed by atoms with E-state index in [9.17, 15) is 9.59 Å². The van der Waals surface area contributed by atoms with Crippen molar-refractivity contribution in [3.05, 3.63) is 0 Å². The van der Waals surface area contributed by atoms with Crippen molar-refractivity contribution in [2.24, 2.45) is 5.41 Å². The predicted molar refractivity (Wildman–Crippen MR) is 54.0 cm³/mol. The maximum Gasteiger partial charge on any atom is 0.309 e. The molecule has 0 radical (unpaired) electrons. The quantitative estimate of drug-likeness (QED) is 0.730. The number of nitrogens with zero attached hydrogens (tertiary/aromatic N) is 1. The summed E-state index contributed by atoms with van der Waals surface area (Å²) in [4.78, 5) is 24.0. The Bertz CT molecular complexity index is 219. The summed E-state index contributed by atoms with van der Waals surface area (Å²) in [6.45, 7) is 8.16. The van der Waals surface area contributed by atoms with E-state index in [1.807, 2.05) is 13.8 Å². The van der Waals surface area contributed by atoms with E-state index in [0.717, 1.165) is 0 Å². The summed E-state index contributed by atoms with van der Waals surface area (Å²) in [5.74, 6) is -1.03. The highest BCUT2D eigenvalue weighted by Gasteiger charge is 2.31. The number of carbonyl (C=O) groups is 2. The van der Waals surface area contributed by atoms with Crippen LogP contribution in [0, 0.1) is 5.41 Å². The van der Waals surface area contributed by atoms with E-state index in [2.05, 4.69) is 0 Å². The van der Waals surface area contributed by atoms with Crippen molar-refractivity contribution in [3.8, 4) is 0 Å². The molecule has 0 saturated heterocycles. The summed E-state index contributed by atoms with van der Waals surface area (Å²) >= 11 is 0. The molecule has 82 valence electrons. The smallest absolute Gasteiger partial charge is 0.309 e. The van der Waals surface area contributed by atoms with E-state index in [4.69, 9.17) is 5.11 Å². The second-order valence-corrected chi connectivity index (χ2v) is 3.93.